The number of carboxylic acid groups (broad SMARTS) is 1. The largest absolute Gasteiger partial charge is 0.481 e. The number of aliphatic carboxylic acids is 1. The fourth-order valence-corrected chi connectivity index (χ4v) is 3.70. The van der Waals surface area contributed by atoms with Gasteiger partial charge in [0.2, 0.25) is 17.7 Å². The highest BCUT2D eigenvalue weighted by molar-refractivity contribution is 6.03. The molecule has 0 bridgehead atoms. The number of anilines is 1. The summed E-state index contributed by atoms with van der Waals surface area (Å²) in [7, 11) is 0. The van der Waals surface area contributed by atoms with E-state index in [9.17, 15) is 34.1 Å². The topological polar surface area (TPSA) is 249 Å². The van der Waals surface area contributed by atoms with Crippen LogP contribution in [0.15, 0.2) is 18.2 Å². The first-order chi connectivity index (χ1) is 17.5. The van der Waals surface area contributed by atoms with Gasteiger partial charge in [0, 0.05) is 30.8 Å². The van der Waals surface area contributed by atoms with Crippen molar-refractivity contribution in [1.82, 2.24) is 16.0 Å². The smallest absolute Gasteiger partial charge is 0.303 e. The quantitative estimate of drug-likeness (QED) is 0.118. The number of nitrogens with two attached hydrogens (primary N) is 2. The lowest BCUT2D eigenvalue weighted by Crippen LogP contribution is -2.56. The molecule has 15 nitrogen and oxygen atoms in total. The zero-order valence-electron chi connectivity index (χ0n) is 20.0. The number of benzene rings is 1. The third-order valence-corrected chi connectivity index (χ3v) is 5.72. The molecule has 0 fully saturated rings. The molecule has 0 radical (unpaired) electrons. The third kappa shape index (κ3) is 8.71. The predicted octanol–water partition coefficient (Wildman–Crippen LogP) is -1.04. The molecule has 1 aromatic carbocycles. The van der Waals surface area contributed by atoms with Crippen molar-refractivity contribution in [2.75, 3.05) is 18.4 Å². The Kier molecular flexibility index (Phi) is 10.7. The maximum absolute atomic E-state index is 13.1. The Morgan fingerprint density at radius 2 is 1.73 bits per heavy atom. The average molecular weight is 522 g/mol. The molecule has 0 saturated heterocycles. The molecule has 1 aromatic rings. The number of unbranched alkanes of at least 4 members (excludes halogenated alkanes) is 1. The van der Waals surface area contributed by atoms with Crippen LogP contribution < -0.4 is 32.7 Å². The van der Waals surface area contributed by atoms with Gasteiger partial charge in [-0.3, -0.25) is 34.1 Å². The SMILES string of the molecule is NCCCC[C@@H]1NC(=O)[C@H](CCC(=O)O)NC(=O)c2cc([N+](=O)[O-])ccc2NCC[C@@H](C(N)=O)NC1=O. The minimum absolute atomic E-state index is 0.0177. The molecule has 0 aromatic heterocycles. The lowest BCUT2D eigenvalue weighted by Gasteiger charge is -2.26. The van der Waals surface area contributed by atoms with E-state index in [1.165, 1.54) is 6.07 Å². The van der Waals surface area contributed by atoms with E-state index < -0.39 is 59.1 Å². The van der Waals surface area contributed by atoms with Crippen LogP contribution in [0.25, 0.3) is 0 Å². The molecule has 15 heteroatoms. The number of hydrogen-bond donors (Lipinski definition) is 7. The van der Waals surface area contributed by atoms with Crippen LogP contribution >= 0.6 is 0 Å². The minimum atomic E-state index is -1.38. The number of nitro benzene ring substituents is 1. The molecule has 1 aliphatic rings. The van der Waals surface area contributed by atoms with E-state index in [0.29, 0.717) is 19.4 Å². The maximum atomic E-state index is 13.1. The first kappa shape index (κ1) is 29.0. The standard InChI is InChI=1S/C22H31N7O8/c23-9-2-1-3-16-21(34)26-15(19(24)32)8-10-25-14-5-4-12(29(36)37)11-13(14)20(33)27-17(22(35)28-16)6-7-18(30)31/h4-5,11,15-17,25H,1-3,6-10,23H2,(H2,24,32)(H,26,34)(H,27,33)(H,28,35)(H,30,31)/t15-,16-,17-/m0/s1. The molecular formula is C22H31N7O8. The van der Waals surface area contributed by atoms with Gasteiger partial charge in [-0.2, -0.15) is 0 Å². The summed E-state index contributed by atoms with van der Waals surface area (Å²) in [5.41, 5.74) is 10.6. The average Bonchev–Trinajstić information content (AvgIpc) is 2.84. The van der Waals surface area contributed by atoms with Gasteiger partial charge in [0.25, 0.3) is 11.6 Å². The van der Waals surface area contributed by atoms with Crippen molar-refractivity contribution in [2.24, 2.45) is 11.5 Å². The van der Waals surface area contributed by atoms with Crippen LogP contribution in [0.3, 0.4) is 0 Å². The van der Waals surface area contributed by atoms with Gasteiger partial charge < -0.3 is 37.8 Å². The van der Waals surface area contributed by atoms with E-state index in [-0.39, 0.29) is 42.7 Å². The van der Waals surface area contributed by atoms with Crippen LogP contribution in [-0.4, -0.2) is 70.8 Å². The summed E-state index contributed by atoms with van der Waals surface area (Å²) in [5.74, 6) is -4.43. The molecule has 1 heterocycles. The van der Waals surface area contributed by atoms with Crippen LogP contribution in [-0.2, 0) is 19.2 Å². The zero-order chi connectivity index (χ0) is 27.5. The Labute approximate surface area is 211 Å². The molecule has 2 rings (SSSR count). The molecule has 3 atom stereocenters. The number of carbonyl (C=O) groups excluding carboxylic acids is 4. The van der Waals surface area contributed by atoms with Gasteiger partial charge in [-0.05, 0) is 44.7 Å². The highest BCUT2D eigenvalue weighted by atomic mass is 16.6. The zero-order valence-corrected chi connectivity index (χ0v) is 20.0. The third-order valence-electron chi connectivity index (χ3n) is 5.72. The fraction of sp³-hybridized carbons (Fsp3) is 0.500. The van der Waals surface area contributed by atoms with Crippen molar-refractivity contribution in [3.63, 3.8) is 0 Å². The van der Waals surface area contributed by atoms with Gasteiger partial charge in [0.15, 0.2) is 0 Å². The highest BCUT2D eigenvalue weighted by Crippen LogP contribution is 2.23. The second-order valence-electron chi connectivity index (χ2n) is 8.47. The lowest BCUT2D eigenvalue weighted by atomic mass is 10.0. The van der Waals surface area contributed by atoms with Crippen molar-refractivity contribution in [3.05, 3.63) is 33.9 Å². The number of fused-ring (bicyclic) bond motifs is 1. The van der Waals surface area contributed by atoms with Gasteiger partial charge in [0.05, 0.1) is 10.5 Å². The summed E-state index contributed by atoms with van der Waals surface area (Å²) in [4.78, 5) is 72.8. The first-order valence-electron chi connectivity index (χ1n) is 11.7. The van der Waals surface area contributed by atoms with E-state index in [1.807, 2.05) is 0 Å². The van der Waals surface area contributed by atoms with Gasteiger partial charge >= 0.3 is 5.97 Å². The number of amides is 4. The minimum Gasteiger partial charge on any atom is -0.481 e. The van der Waals surface area contributed by atoms with E-state index in [2.05, 4.69) is 21.3 Å². The summed E-state index contributed by atoms with van der Waals surface area (Å²) < 4.78 is 0. The molecule has 0 aliphatic carbocycles. The fourth-order valence-electron chi connectivity index (χ4n) is 3.70. The number of nitro groups is 1. The molecule has 202 valence electrons. The van der Waals surface area contributed by atoms with Gasteiger partial charge in [-0.15, -0.1) is 0 Å². The van der Waals surface area contributed by atoms with Crippen molar-refractivity contribution in [2.45, 2.75) is 56.7 Å². The van der Waals surface area contributed by atoms with Crippen molar-refractivity contribution < 1.29 is 34.0 Å². The van der Waals surface area contributed by atoms with E-state index in [0.717, 1.165) is 12.1 Å². The summed E-state index contributed by atoms with van der Waals surface area (Å²) in [6, 6.07) is -0.148. The number of nitrogens with one attached hydrogen (secondary N) is 4. The van der Waals surface area contributed by atoms with Gasteiger partial charge in [0.1, 0.15) is 18.1 Å². The van der Waals surface area contributed by atoms with Crippen LogP contribution in [0.1, 0.15) is 48.9 Å². The molecular weight excluding hydrogens is 490 g/mol. The maximum Gasteiger partial charge on any atom is 0.303 e. The first-order valence-corrected chi connectivity index (χ1v) is 11.7. The number of primary amides is 1. The summed E-state index contributed by atoms with van der Waals surface area (Å²) in [5, 5.41) is 30.7. The second kappa shape index (κ2) is 13.7. The Hall–Kier alpha value is -4.27. The second-order valence-corrected chi connectivity index (χ2v) is 8.47. The number of carboxylic acids is 1. The molecule has 9 N–H and O–H groups in total. The lowest BCUT2D eigenvalue weighted by molar-refractivity contribution is -0.384. The van der Waals surface area contributed by atoms with E-state index in [4.69, 9.17) is 16.6 Å². The van der Waals surface area contributed by atoms with E-state index >= 15 is 0 Å². The predicted molar refractivity (Wildman–Crippen MR) is 130 cm³/mol. The molecule has 0 saturated carbocycles. The summed E-state index contributed by atoms with van der Waals surface area (Å²) in [6.07, 6.45) is 0.396. The van der Waals surface area contributed by atoms with Gasteiger partial charge in [-0.1, -0.05) is 0 Å². The number of rotatable bonds is 9. The molecule has 0 spiro atoms. The summed E-state index contributed by atoms with van der Waals surface area (Å²) >= 11 is 0. The monoisotopic (exact) mass is 521 g/mol. The Morgan fingerprint density at radius 1 is 1.05 bits per heavy atom. The number of nitrogens with zero attached hydrogens (tertiary/aromatic N) is 1. The molecule has 0 unspecified atom stereocenters. The van der Waals surface area contributed by atoms with Crippen LogP contribution in [0, 0.1) is 10.1 Å². The van der Waals surface area contributed by atoms with Crippen molar-refractivity contribution >= 4 is 41.0 Å². The number of hydrogen-bond acceptors (Lipinski definition) is 9. The van der Waals surface area contributed by atoms with Crippen LogP contribution in [0.4, 0.5) is 11.4 Å². The number of non-ortho nitro benzene ring substituents is 1. The molecule has 4 amide bonds. The normalized spacial score (nSPS) is 20.8. The van der Waals surface area contributed by atoms with Crippen molar-refractivity contribution in [3.8, 4) is 0 Å². The Bertz CT molecular complexity index is 1050. The van der Waals surface area contributed by atoms with Gasteiger partial charge in [-0.25, -0.2) is 0 Å². The number of carbonyl (C=O) groups is 5. The van der Waals surface area contributed by atoms with Crippen molar-refractivity contribution in [1.29, 1.82) is 0 Å². The van der Waals surface area contributed by atoms with Crippen LogP contribution in [0.2, 0.25) is 0 Å². The molecule has 1 aliphatic heterocycles. The molecule has 37 heavy (non-hydrogen) atoms. The summed E-state index contributed by atoms with van der Waals surface area (Å²) in [6.45, 7) is 0.402. The van der Waals surface area contributed by atoms with E-state index in [1.54, 1.807) is 0 Å². The van der Waals surface area contributed by atoms with Crippen LogP contribution in [0.5, 0.6) is 0 Å². The Balaban J connectivity index is 2.48. The Morgan fingerprint density at radius 3 is 2.35 bits per heavy atom. The highest BCUT2D eigenvalue weighted by Gasteiger charge is 2.30.